The predicted octanol–water partition coefficient (Wildman–Crippen LogP) is 1.40. The van der Waals surface area contributed by atoms with E-state index in [4.69, 9.17) is 0 Å². The second-order valence-corrected chi connectivity index (χ2v) is 3.52. The lowest BCUT2D eigenvalue weighted by molar-refractivity contribution is 0.101. The van der Waals surface area contributed by atoms with Gasteiger partial charge in [-0.1, -0.05) is 13.0 Å². The van der Waals surface area contributed by atoms with E-state index >= 15 is 0 Å². The van der Waals surface area contributed by atoms with Crippen LogP contribution in [0.25, 0.3) is 0 Å². The lowest BCUT2D eigenvalue weighted by atomic mass is 10.3. The highest BCUT2D eigenvalue weighted by atomic mass is 16.2. The van der Waals surface area contributed by atoms with Gasteiger partial charge in [0.05, 0.1) is 0 Å². The molecule has 0 aliphatic rings. The van der Waals surface area contributed by atoms with Crippen molar-refractivity contribution in [1.29, 1.82) is 0 Å². The number of rotatable bonds is 4. The number of carbonyl (C=O) groups is 1. The van der Waals surface area contributed by atoms with Crippen molar-refractivity contribution in [1.82, 2.24) is 20.2 Å². The summed E-state index contributed by atoms with van der Waals surface area (Å²) in [5.41, 5.74) is 0. The van der Waals surface area contributed by atoms with Crippen LogP contribution in [0.3, 0.4) is 0 Å². The van der Waals surface area contributed by atoms with Crippen molar-refractivity contribution in [3.63, 3.8) is 0 Å². The molecule has 0 aromatic carbocycles. The molecular formula is C11H13N5O. The van der Waals surface area contributed by atoms with E-state index in [1.165, 1.54) is 0 Å². The molecule has 0 radical (unpaired) electrons. The SMILES string of the molecule is CCCc1nc(C(=O)Nc2ccccn2)n[nH]1. The zero-order valence-electron chi connectivity index (χ0n) is 9.47. The maximum atomic E-state index is 11.7. The molecule has 88 valence electrons. The Hall–Kier alpha value is -2.24. The third kappa shape index (κ3) is 2.87. The minimum atomic E-state index is -0.359. The molecule has 6 nitrogen and oxygen atoms in total. The van der Waals surface area contributed by atoms with Gasteiger partial charge in [0.25, 0.3) is 5.91 Å². The molecule has 0 atom stereocenters. The van der Waals surface area contributed by atoms with Crippen LogP contribution in [-0.2, 0) is 6.42 Å². The van der Waals surface area contributed by atoms with Gasteiger partial charge >= 0.3 is 0 Å². The van der Waals surface area contributed by atoms with Crippen molar-refractivity contribution in [3.8, 4) is 0 Å². The molecule has 0 saturated heterocycles. The van der Waals surface area contributed by atoms with Gasteiger partial charge in [0, 0.05) is 12.6 Å². The predicted molar refractivity (Wildman–Crippen MR) is 62.6 cm³/mol. The van der Waals surface area contributed by atoms with Crippen molar-refractivity contribution in [3.05, 3.63) is 36.0 Å². The van der Waals surface area contributed by atoms with Gasteiger partial charge in [-0.2, -0.15) is 0 Å². The van der Waals surface area contributed by atoms with Gasteiger partial charge < -0.3 is 5.32 Å². The van der Waals surface area contributed by atoms with Gasteiger partial charge in [0.1, 0.15) is 11.6 Å². The molecule has 0 aliphatic heterocycles. The number of aromatic nitrogens is 4. The summed E-state index contributed by atoms with van der Waals surface area (Å²) in [6.07, 6.45) is 3.34. The van der Waals surface area contributed by atoms with E-state index in [1.54, 1.807) is 24.4 Å². The maximum Gasteiger partial charge on any atom is 0.296 e. The van der Waals surface area contributed by atoms with E-state index in [-0.39, 0.29) is 11.7 Å². The van der Waals surface area contributed by atoms with Gasteiger partial charge in [-0.15, -0.1) is 5.10 Å². The second-order valence-electron chi connectivity index (χ2n) is 3.52. The van der Waals surface area contributed by atoms with E-state index in [2.05, 4.69) is 25.5 Å². The molecule has 6 heteroatoms. The number of aromatic amines is 1. The number of nitrogens with one attached hydrogen (secondary N) is 2. The fraction of sp³-hybridized carbons (Fsp3) is 0.273. The van der Waals surface area contributed by atoms with Crippen molar-refractivity contribution in [2.24, 2.45) is 0 Å². The van der Waals surface area contributed by atoms with Crippen molar-refractivity contribution in [2.75, 3.05) is 5.32 Å². The Bertz CT molecular complexity index is 494. The molecule has 0 fully saturated rings. The number of carbonyl (C=O) groups excluding carboxylic acids is 1. The molecule has 0 aliphatic carbocycles. The number of hydrogen-bond acceptors (Lipinski definition) is 4. The zero-order valence-corrected chi connectivity index (χ0v) is 9.47. The Kier molecular flexibility index (Phi) is 3.44. The summed E-state index contributed by atoms with van der Waals surface area (Å²) >= 11 is 0. The quantitative estimate of drug-likeness (QED) is 0.833. The maximum absolute atomic E-state index is 11.7. The number of amides is 1. The fourth-order valence-corrected chi connectivity index (χ4v) is 1.35. The first kappa shape index (κ1) is 11.3. The molecule has 17 heavy (non-hydrogen) atoms. The van der Waals surface area contributed by atoms with Gasteiger partial charge in [-0.25, -0.2) is 9.97 Å². The van der Waals surface area contributed by atoms with Crippen LogP contribution in [0.2, 0.25) is 0 Å². The third-order valence-corrected chi connectivity index (χ3v) is 2.13. The lowest BCUT2D eigenvalue weighted by Gasteiger charge is -1.99. The molecule has 0 spiro atoms. The smallest absolute Gasteiger partial charge is 0.296 e. The topological polar surface area (TPSA) is 83.6 Å². The van der Waals surface area contributed by atoms with Crippen LogP contribution in [0, 0.1) is 0 Å². The summed E-state index contributed by atoms with van der Waals surface area (Å²) in [7, 11) is 0. The molecule has 2 aromatic rings. The summed E-state index contributed by atoms with van der Waals surface area (Å²) in [5, 5.41) is 9.20. The summed E-state index contributed by atoms with van der Waals surface area (Å²) in [6.45, 7) is 2.04. The van der Waals surface area contributed by atoms with Crippen molar-refractivity contribution in [2.45, 2.75) is 19.8 Å². The number of pyridine rings is 1. The highest BCUT2D eigenvalue weighted by molar-refractivity contribution is 6.00. The van der Waals surface area contributed by atoms with Crippen LogP contribution in [0.5, 0.6) is 0 Å². The Morgan fingerprint density at radius 2 is 2.35 bits per heavy atom. The summed E-state index contributed by atoms with van der Waals surface area (Å²) in [6, 6.07) is 5.28. The Labute approximate surface area is 98.5 Å². The highest BCUT2D eigenvalue weighted by Gasteiger charge is 2.12. The zero-order chi connectivity index (χ0) is 12.1. The first-order valence-electron chi connectivity index (χ1n) is 5.43. The van der Waals surface area contributed by atoms with E-state index in [9.17, 15) is 4.79 Å². The lowest BCUT2D eigenvalue weighted by Crippen LogP contribution is -2.14. The summed E-state index contributed by atoms with van der Waals surface area (Å²) in [5.74, 6) is 0.986. The molecule has 2 N–H and O–H groups in total. The van der Waals surface area contributed by atoms with E-state index < -0.39 is 0 Å². The van der Waals surface area contributed by atoms with Crippen molar-refractivity contribution >= 4 is 11.7 Å². The van der Waals surface area contributed by atoms with Crippen LogP contribution < -0.4 is 5.32 Å². The first-order valence-corrected chi connectivity index (χ1v) is 5.43. The number of hydrogen-bond donors (Lipinski definition) is 2. The summed E-state index contributed by atoms with van der Waals surface area (Å²) in [4.78, 5) is 19.8. The summed E-state index contributed by atoms with van der Waals surface area (Å²) < 4.78 is 0. The van der Waals surface area contributed by atoms with Gasteiger partial charge in [-0.3, -0.25) is 9.89 Å². The molecule has 2 heterocycles. The minimum absolute atomic E-state index is 0.138. The fourth-order valence-electron chi connectivity index (χ4n) is 1.35. The Balaban J connectivity index is 2.04. The minimum Gasteiger partial charge on any atom is -0.304 e. The molecule has 0 saturated carbocycles. The standard InChI is InChI=1S/C11H13N5O/c1-2-5-9-13-10(16-15-9)11(17)14-8-6-3-4-7-12-8/h3-4,6-7H,2,5H2,1H3,(H,12,14,17)(H,13,15,16). The Morgan fingerprint density at radius 1 is 1.47 bits per heavy atom. The second kappa shape index (κ2) is 5.20. The largest absolute Gasteiger partial charge is 0.304 e. The molecular weight excluding hydrogens is 218 g/mol. The molecule has 1 amide bonds. The van der Waals surface area contributed by atoms with Crippen molar-refractivity contribution < 1.29 is 4.79 Å². The van der Waals surface area contributed by atoms with E-state index in [0.29, 0.717) is 5.82 Å². The third-order valence-electron chi connectivity index (χ3n) is 2.13. The molecule has 0 bridgehead atoms. The van der Waals surface area contributed by atoms with Crippen LogP contribution in [0.1, 0.15) is 29.8 Å². The van der Waals surface area contributed by atoms with Gasteiger partial charge in [0.15, 0.2) is 0 Å². The highest BCUT2D eigenvalue weighted by Crippen LogP contribution is 2.03. The van der Waals surface area contributed by atoms with Crippen LogP contribution in [0.4, 0.5) is 5.82 Å². The van der Waals surface area contributed by atoms with Crippen LogP contribution in [0.15, 0.2) is 24.4 Å². The average Bonchev–Trinajstić information content (AvgIpc) is 2.79. The number of H-pyrrole nitrogens is 1. The Morgan fingerprint density at radius 3 is 3.06 bits per heavy atom. The van der Waals surface area contributed by atoms with Gasteiger partial charge in [-0.05, 0) is 18.6 Å². The van der Waals surface area contributed by atoms with E-state index in [1.807, 2.05) is 6.92 Å². The molecule has 2 aromatic heterocycles. The van der Waals surface area contributed by atoms with Crippen LogP contribution >= 0.6 is 0 Å². The number of nitrogens with zero attached hydrogens (tertiary/aromatic N) is 3. The number of anilines is 1. The number of aryl methyl sites for hydroxylation is 1. The van der Waals surface area contributed by atoms with E-state index in [0.717, 1.165) is 18.7 Å². The average molecular weight is 231 g/mol. The normalized spacial score (nSPS) is 10.2. The molecule has 0 unspecified atom stereocenters. The first-order chi connectivity index (χ1) is 8.29. The van der Waals surface area contributed by atoms with Crippen LogP contribution in [-0.4, -0.2) is 26.1 Å². The van der Waals surface area contributed by atoms with Gasteiger partial charge in [0.2, 0.25) is 5.82 Å². The monoisotopic (exact) mass is 231 g/mol. The molecule has 2 rings (SSSR count).